The van der Waals surface area contributed by atoms with Crippen LogP contribution in [0.1, 0.15) is 59.9 Å². The third-order valence-corrected chi connectivity index (χ3v) is 4.84. The topological polar surface area (TPSA) is 94.0 Å². The van der Waals surface area contributed by atoms with Gasteiger partial charge in [-0.1, -0.05) is 26.8 Å². The number of benzene rings is 1. The van der Waals surface area contributed by atoms with Crippen LogP contribution in [0.15, 0.2) is 42.9 Å². The van der Waals surface area contributed by atoms with Gasteiger partial charge < -0.3 is 15.4 Å². The van der Waals surface area contributed by atoms with E-state index in [0.717, 1.165) is 28.3 Å². The summed E-state index contributed by atoms with van der Waals surface area (Å²) in [6.45, 7) is 7.88. The second-order valence-corrected chi connectivity index (χ2v) is 7.44. The monoisotopic (exact) mass is 378 g/mol. The molecule has 0 spiro atoms. The molecule has 2 heterocycles. The van der Waals surface area contributed by atoms with Crippen LogP contribution in [0.3, 0.4) is 0 Å². The minimum Gasteiger partial charge on any atom is -0.396 e. The molecule has 6 heteroatoms. The smallest absolute Gasteiger partial charge is 0.249 e. The highest BCUT2D eigenvalue weighted by atomic mass is 16.3. The number of hydrogen-bond acceptors (Lipinski definition) is 4. The molecule has 0 unspecified atom stereocenters. The lowest BCUT2D eigenvalue weighted by Crippen LogP contribution is -2.19. The largest absolute Gasteiger partial charge is 0.396 e. The van der Waals surface area contributed by atoms with Gasteiger partial charge in [0.1, 0.15) is 5.82 Å². The third kappa shape index (κ3) is 3.68. The first-order chi connectivity index (χ1) is 13.3. The number of nitrogens with zero attached hydrogens (tertiary/aromatic N) is 3. The van der Waals surface area contributed by atoms with E-state index in [1.54, 1.807) is 18.5 Å². The van der Waals surface area contributed by atoms with E-state index in [1.807, 2.05) is 42.8 Å². The van der Waals surface area contributed by atoms with E-state index in [0.29, 0.717) is 11.1 Å². The van der Waals surface area contributed by atoms with E-state index >= 15 is 0 Å². The molecule has 3 rings (SSSR count). The highest BCUT2D eigenvalue weighted by molar-refractivity contribution is 5.97. The molecule has 1 aromatic carbocycles. The zero-order valence-electron chi connectivity index (χ0n) is 16.7. The summed E-state index contributed by atoms with van der Waals surface area (Å²) < 4.78 is 1.97. The van der Waals surface area contributed by atoms with E-state index < -0.39 is 5.91 Å². The number of hydrogen-bond donors (Lipinski definition) is 2. The molecule has 0 saturated heterocycles. The van der Waals surface area contributed by atoms with Crippen molar-refractivity contribution in [2.75, 3.05) is 6.61 Å². The summed E-state index contributed by atoms with van der Waals surface area (Å²) >= 11 is 0. The lowest BCUT2D eigenvalue weighted by atomic mass is 9.90. The quantitative estimate of drug-likeness (QED) is 0.686. The Bertz CT molecular complexity index is 990. The average molecular weight is 378 g/mol. The van der Waals surface area contributed by atoms with Crippen molar-refractivity contribution in [1.29, 1.82) is 0 Å². The van der Waals surface area contributed by atoms with Gasteiger partial charge in [-0.05, 0) is 36.2 Å². The van der Waals surface area contributed by atoms with E-state index in [-0.39, 0.29) is 18.4 Å². The number of imidazole rings is 1. The van der Waals surface area contributed by atoms with Crippen LogP contribution in [0.2, 0.25) is 0 Å². The van der Waals surface area contributed by atoms with Crippen molar-refractivity contribution in [1.82, 2.24) is 14.5 Å². The normalized spacial score (nSPS) is 12.4. The van der Waals surface area contributed by atoms with Gasteiger partial charge in [-0.3, -0.25) is 9.78 Å². The Kier molecular flexibility index (Phi) is 5.61. The van der Waals surface area contributed by atoms with Crippen LogP contribution < -0.4 is 5.73 Å². The number of carbonyl (C=O) groups excluding carboxylic acids is 1. The molecule has 0 radical (unpaired) electrons. The van der Waals surface area contributed by atoms with Gasteiger partial charge >= 0.3 is 0 Å². The van der Waals surface area contributed by atoms with Gasteiger partial charge in [-0.15, -0.1) is 0 Å². The summed E-state index contributed by atoms with van der Waals surface area (Å²) in [4.78, 5) is 21.3. The molecule has 6 nitrogen and oxygen atoms in total. The molecule has 0 aliphatic carbocycles. The molecule has 146 valence electrons. The molecule has 1 atom stereocenters. The van der Waals surface area contributed by atoms with Crippen LogP contribution in [0, 0.1) is 6.92 Å². The molecule has 0 bridgehead atoms. The van der Waals surface area contributed by atoms with Gasteiger partial charge in [-0.2, -0.15) is 0 Å². The first-order valence-corrected chi connectivity index (χ1v) is 9.38. The molecule has 0 aliphatic rings. The molecule has 0 saturated carbocycles. The molecule has 28 heavy (non-hydrogen) atoms. The zero-order chi connectivity index (χ0) is 20.4. The maximum absolute atomic E-state index is 12.3. The maximum atomic E-state index is 12.3. The summed E-state index contributed by atoms with van der Waals surface area (Å²) in [5.74, 6) is 0.262. The van der Waals surface area contributed by atoms with Gasteiger partial charge in [0.25, 0.3) is 0 Å². The number of rotatable bonds is 6. The van der Waals surface area contributed by atoms with Gasteiger partial charge in [0.05, 0.1) is 11.4 Å². The van der Waals surface area contributed by atoms with Crippen molar-refractivity contribution in [2.45, 2.75) is 39.5 Å². The van der Waals surface area contributed by atoms with Crippen molar-refractivity contribution in [3.8, 4) is 16.9 Å². The van der Waals surface area contributed by atoms with E-state index in [4.69, 9.17) is 5.73 Å². The van der Waals surface area contributed by atoms with Crippen molar-refractivity contribution < 1.29 is 9.90 Å². The van der Waals surface area contributed by atoms with Crippen LogP contribution in [0.5, 0.6) is 0 Å². The summed E-state index contributed by atoms with van der Waals surface area (Å²) in [5.41, 5.74) is 10.2. The van der Waals surface area contributed by atoms with Crippen molar-refractivity contribution in [2.24, 2.45) is 5.73 Å². The first kappa shape index (κ1) is 19.8. The van der Waals surface area contributed by atoms with Crippen LogP contribution in [0.4, 0.5) is 0 Å². The number of aromatic nitrogens is 3. The third-order valence-electron chi connectivity index (χ3n) is 4.84. The zero-order valence-corrected chi connectivity index (χ0v) is 16.7. The number of nitrogens with two attached hydrogens (primary N) is 1. The fraction of sp³-hybridized carbons (Fsp3) is 0.318. The number of pyridine rings is 1. The second kappa shape index (κ2) is 7.94. The van der Waals surface area contributed by atoms with Gasteiger partial charge in [0, 0.05) is 48.2 Å². The number of carbonyl (C=O) groups is 1. The Morgan fingerprint density at radius 1 is 1.21 bits per heavy atom. The van der Waals surface area contributed by atoms with Crippen molar-refractivity contribution in [3.63, 3.8) is 0 Å². The van der Waals surface area contributed by atoms with Crippen molar-refractivity contribution in [3.05, 3.63) is 65.4 Å². The Morgan fingerprint density at radius 2 is 1.96 bits per heavy atom. The minimum atomic E-state index is -0.531. The average Bonchev–Trinajstić information content (AvgIpc) is 3.17. The predicted molar refractivity (Wildman–Crippen MR) is 110 cm³/mol. The Morgan fingerprint density at radius 3 is 2.54 bits per heavy atom. The molecule has 1 amide bonds. The fourth-order valence-electron chi connectivity index (χ4n) is 3.38. The molecule has 2 aromatic heterocycles. The number of aryl methyl sites for hydroxylation is 1. The molecule has 0 fully saturated rings. The number of aliphatic hydroxyl groups is 1. The summed E-state index contributed by atoms with van der Waals surface area (Å²) in [6, 6.07) is 7.65. The Balaban J connectivity index is 2.34. The maximum Gasteiger partial charge on any atom is 0.249 e. The lowest BCUT2D eigenvalue weighted by molar-refractivity contribution is 0.0998. The second-order valence-electron chi connectivity index (χ2n) is 7.44. The molecule has 3 N–H and O–H groups in total. The standard InChI is InChI=1S/C22H26N4O2/c1-13(2)22-24-7-8-26(22)19-10-16(18-6-5-14(3)11-25-18)9-17(21(23)28)20(19)15(4)12-27/h5-11,13,15,27H,12H2,1-4H3,(H2,23,28)/t15-/m1/s1. The minimum absolute atomic E-state index is 0.0961. The Hall–Kier alpha value is -2.99. The Labute approximate surface area is 165 Å². The number of amides is 1. The lowest BCUT2D eigenvalue weighted by Gasteiger charge is -2.22. The molecular formula is C22H26N4O2. The SMILES string of the molecule is Cc1ccc(-c2cc(C(N)=O)c([C@H](C)CO)c(-n3ccnc3C(C)C)c2)nc1. The molecule has 3 aromatic rings. The predicted octanol–water partition coefficient (Wildman–Crippen LogP) is 3.56. The van der Waals surface area contributed by atoms with Crippen LogP contribution in [0.25, 0.3) is 16.9 Å². The van der Waals surface area contributed by atoms with E-state index in [9.17, 15) is 9.90 Å². The number of aliphatic hydroxyl groups excluding tert-OH is 1. The number of primary amides is 1. The van der Waals surface area contributed by atoms with E-state index in [1.165, 1.54) is 0 Å². The van der Waals surface area contributed by atoms with Gasteiger partial charge in [0.2, 0.25) is 5.91 Å². The van der Waals surface area contributed by atoms with Gasteiger partial charge in [0.15, 0.2) is 0 Å². The molecule has 0 aliphatic heterocycles. The summed E-state index contributed by atoms with van der Waals surface area (Å²) in [6.07, 6.45) is 5.40. The van der Waals surface area contributed by atoms with Crippen LogP contribution >= 0.6 is 0 Å². The van der Waals surface area contributed by atoms with Crippen LogP contribution in [-0.4, -0.2) is 32.2 Å². The highest BCUT2D eigenvalue weighted by Crippen LogP contribution is 2.33. The van der Waals surface area contributed by atoms with Crippen LogP contribution in [-0.2, 0) is 0 Å². The van der Waals surface area contributed by atoms with Crippen molar-refractivity contribution >= 4 is 5.91 Å². The van der Waals surface area contributed by atoms with Gasteiger partial charge in [-0.25, -0.2) is 4.98 Å². The summed E-state index contributed by atoms with van der Waals surface area (Å²) in [7, 11) is 0. The highest BCUT2D eigenvalue weighted by Gasteiger charge is 2.23. The first-order valence-electron chi connectivity index (χ1n) is 9.38. The molecular weight excluding hydrogens is 352 g/mol. The fourth-order valence-corrected chi connectivity index (χ4v) is 3.38. The summed E-state index contributed by atoms with van der Waals surface area (Å²) in [5, 5.41) is 9.82. The van der Waals surface area contributed by atoms with E-state index in [2.05, 4.69) is 23.8 Å².